The highest BCUT2D eigenvalue weighted by molar-refractivity contribution is 5.94. The van der Waals surface area contributed by atoms with Crippen molar-refractivity contribution in [1.29, 1.82) is 5.26 Å². The van der Waals surface area contributed by atoms with Gasteiger partial charge in [-0.05, 0) is 61.9 Å². The van der Waals surface area contributed by atoms with Gasteiger partial charge in [-0.25, -0.2) is 9.78 Å². The molecule has 0 aliphatic rings. The van der Waals surface area contributed by atoms with E-state index in [1.807, 2.05) is 26.0 Å². The molecule has 1 aromatic heterocycles. The molecule has 33 heavy (non-hydrogen) atoms. The number of para-hydroxylation sites is 1. The molecule has 2 N–H and O–H groups in total. The van der Waals surface area contributed by atoms with E-state index in [1.54, 1.807) is 55.6 Å². The maximum absolute atomic E-state index is 13.2. The van der Waals surface area contributed by atoms with Crippen LogP contribution in [0.2, 0.25) is 0 Å². The molecule has 4 rings (SSSR count). The van der Waals surface area contributed by atoms with Crippen molar-refractivity contribution in [2.75, 3.05) is 5.32 Å². The first kappa shape index (κ1) is 21.8. The molecule has 7 nitrogen and oxygen atoms in total. The van der Waals surface area contributed by atoms with Gasteiger partial charge in [-0.2, -0.15) is 5.26 Å². The third-order valence-electron chi connectivity index (χ3n) is 5.62. The number of hydrogen-bond donors (Lipinski definition) is 2. The van der Waals surface area contributed by atoms with E-state index in [9.17, 15) is 14.7 Å². The molecule has 0 amide bonds. The molecule has 0 spiro atoms. The Bertz CT molecular complexity index is 1480. The maximum atomic E-state index is 13.2. The van der Waals surface area contributed by atoms with E-state index in [2.05, 4.69) is 11.4 Å². The van der Waals surface area contributed by atoms with Crippen molar-refractivity contribution in [3.8, 4) is 17.5 Å². The Kier molecular flexibility index (Phi) is 5.67. The fourth-order valence-corrected chi connectivity index (χ4v) is 3.94. The van der Waals surface area contributed by atoms with Crippen molar-refractivity contribution in [2.24, 2.45) is 7.05 Å². The lowest BCUT2D eigenvalue weighted by molar-refractivity contribution is 0.0698. The van der Waals surface area contributed by atoms with Gasteiger partial charge in [0.05, 0.1) is 34.1 Å². The first-order valence-electron chi connectivity index (χ1n) is 10.4. The summed E-state index contributed by atoms with van der Waals surface area (Å²) in [5.74, 6) is -0.533. The summed E-state index contributed by atoms with van der Waals surface area (Å²) in [7, 11) is 1.68. The summed E-state index contributed by atoms with van der Waals surface area (Å²) < 4.78 is 1.50. The standard InChI is InChI=1S/C26H22N4O3/c1-15-12-20(16(2)28-22-7-5-4-6-19(22)26(32)33)23-21(13-15)25(31)30(3)24(29-23)18-10-8-17(14-27)9-11-18/h4-13,16,28H,1-3H3,(H,32,33). The van der Waals surface area contributed by atoms with Crippen molar-refractivity contribution in [3.05, 3.63) is 93.3 Å². The molecular weight excluding hydrogens is 416 g/mol. The number of aryl methyl sites for hydroxylation is 1. The second-order valence-corrected chi connectivity index (χ2v) is 7.96. The van der Waals surface area contributed by atoms with Gasteiger partial charge in [-0.1, -0.05) is 18.2 Å². The largest absolute Gasteiger partial charge is 0.478 e. The number of anilines is 1. The van der Waals surface area contributed by atoms with E-state index in [0.29, 0.717) is 28.0 Å². The summed E-state index contributed by atoms with van der Waals surface area (Å²) in [4.78, 5) is 29.7. The molecule has 0 saturated heterocycles. The predicted molar refractivity (Wildman–Crippen MR) is 127 cm³/mol. The topological polar surface area (TPSA) is 108 Å². The summed E-state index contributed by atoms with van der Waals surface area (Å²) in [5, 5.41) is 22.3. The summed E-state index contributed by atoms with van der Waals surface area (Å²) in [6.45, 7) is 3.82. The molecule has 1 atom stereocenters. The highest BCUT2D eigenvalue weighted by Crippen LogP contribution is 2.29. The van der Waals surface area contributed by atoms with E-state index in [4.69, 9.17) is 10.2 Å². The summed E-state index contributed by atoms with van der Waals surface area (Å²) >= 11 is 0. The minimum atomic E-state index is -1.02. The summed E-state index contributed by atoms with van der Waals surface area (Å²) in [6.07, 6.45) is 0. The Morgan fingerprint density at radius 3 is 2.52 bits per heavy atom. The van der Waals surface area contributed by atoms with Gasteiger partial charge in [-0.3, -0.25) is 9.36 Å². The highest BCUT2D eigenvalue weighted by Gasteiger charge is 2.19. The number of carboxylic acid groups (broad SMARTS) is 1. The number of nitrogens with one attached hydrogen (secondary N) is 1. The van der Waals surface area contributed by atoms with Crippen molar-refractivity contribution >= 4 is 22.6 Å². The predicted octanol–water partition coefficient (Wildman–Crippen LogP) is 4.65. The van der Waals surface area contributed by atoms with Crippen LogP contribution >= 0.6 is 0 Å². The van der Waals surface area contributed by atoms with Crippen molar-refractivity contribution in [3.63, 3.8) is 0 Å². The lowest BCUT2D eigenvalue weighted by atomic mass is 10.00. The quantitative estimate of drug-likeness (QED) is 0.469. The maximum Gasteiger partial charge on any atom is 0.337 e. The van der Waals surface area contributed by atoms with E-state index in [-0.39, 0.29) is 17.2 Å². The van der Waals surface area contributed by atoms with Gasteiger partial charge in [0.25, 0.3) is 5.56 Å². The van der Waals surface area contributed by atoms with Crippen molar-refractivity contribution in [2.45, 2.75) is 19.9 Å². The fraction of sp³-hybridized carbons (Fsp3) is 0.154. The zero-order chi connectivity index (χ0) is 23.7. The van der Waals surface area contributed by atoms with E-state index < -0.39 is 5.97 Å². The van der Waals surface area contributed by atoms with E-state index in [0.717, 1.165) is 16.7 Å². The van der Waals surface area contributed by atoms with Crippen LogP contribution in [0, 0.1) is 18.3 Å². The van der Waals surface area contributed by atoms with Gasteiger partial charge >= 0.3 is 5.97 Å². The lowest BCUT2D eigenvalue weighted by Gasteiger charge is -2.20. The van der Waals surface area contributed by atoms with Crippen molar-refractivity contribution in [1.82, 2.24) is 9.55 Å². The molecule has 0 saturated carbocycles. The zero-order valence-corrected chi connectivity index (χ0v) is 18.5. The number of nitriles is 1. The van der Waals surface area contributed by atoms with Gasteiger partial charge in [0.15, 0.2) is 0 Å². The molecule has 7 heteroatoms. The van der Waals surface area contributed by atoms with Crippen LogP contribution < -0.4 is 10.9 Å². The van der Waals surface area contributed by atoms with Crippen LogP contribution in [0.3, 0.4) is 0 Å². The third-order valence-corrected chi connectivity index (χ3v) is 5.62. The second-order valence-electron chi connectivity index (χ2n) is 7.96. The molecule has 164 valence electrons. The van der Waals surface area contributed by atoms with Gasteiger partial charge in [0.1, 0.15) is 5.82 Å². The Hall–Kier alpha value is -4.44. The second kappa shape index (κ2) is 8.60. The molecular formula is C26H22N4O3. The number of fused-ring (bicyclic) bond motifs is 1. The molecule has 0 aliphatic heterocycles. The first-order valence-corrected chi connectivity index (χ1v) is 10.4. The summed E-state index contributed by atoms with van der Waals surface area (Å²) in [5.41, 5.74) is 3.97. The van der Waals surface area contributed by atoms with Gasteiger partial charge in [0.2, 0.25) is 0 Å². The number of carbonyl (C=O) groups is 1. The average Bonchev–Trinajstić information content (AvgIpc) is 2.81. The van der Waals surface area contributed by atoms with Gasteiger partial charge in [0, 0.05) is 23.9 Å². The van der Waals surface area contributed by atoms with Crippen LogP contribution in [0.15, 0.2) is 65.5 Å². The normalized spacial score (nSPS) is 11.7. The lowest BCUT2D eigenvalue weighted by Crippen LogP contribution is -2.22. The Labute approximate surface area is 190 Å². The molecule has 0 aliphatic carbocycles. The Morgan fingerprint density at radius 2 is 1.85 bits per heavy atom. The number of hydrogen-bond acceptors (Lipinski definition) is 5. The number of benzene rings is 3. The van der Waals surface area contributed by atoms with Crippen molar-refractivity contribution < 1.29 is 9.90 Å². The monoisotopic (exact) mass is 438 g/mol. The van der Waals surface area contributed by atoms with Crippen LogP contribution in [-0.4, -0.2) is 20.6 Å². The number of carboxylic acids is 1. The highest BCUT2D eigenvalue weighted by atomic mass is 16.4. The smallest absolute Gasteiger partial charge is 0.337 e. The van der Waals surface area contributed by atoms with Crippen LogP contribution in [-0.2, 0) is 7.05 Å². The summed E-state index contributed by atoms with van der Waals surface area (Å²) in [6, 6.07) is 19.2. The van der Waals surface area contributed by atoms with E-state index >= 15 is 0 Å². The van der Waals surface area contributed by atoms with Crippen LogP contribution in [0.1, 0.15) is 40.0 Å². The Morgan fingerprint density at radius 1 is 1.15 bits per heavy atom. The number of aromatic carboxylic acids is 1. The number of rotatable bonds is 5. The van der Waals surface area contributed by atoms with Crippen LogP contribution in [0.4, 0.5) is 5.69 Å². The molecule has 0 fully saturated rings. The molecule has 3 aromatic carbocycles. The zero-order valence-electron chi connectivity index (χ0n) is 18.5. The minimum Gasteiger partial charge on any atom is -0.478 e. The first-order chi connectivity index (χ1) is 15.8. The van der Waals surface area contributed by atoms with E-state index in [1.165, 1.54) is 4.57 Å². The van der Waals surface area contributed by atoms with Gasteiger partial charge < -0.3 is 10.4 Å². The molecule has 1 heterocycles. The average molecular weight is 438 g/mol. The molecule has 1 unspecified atom stereocenters. The van der Waals surface area contributed by atoms with Crippen LogP contribution in [0.25, 0.3) is 22.3 Å². The molecule has 0 bridgehead atoms. The number of nitrogens with zero attached hydrogens (tertiary/aromatic N) is 3. The van der Waals surface area contributed by atoms with Gasteiger partial charge in [-0.15, -0.1) is 0 Å². The third kappa shape index (κ3) is 4.06. The minimum absolute atomic E-state index is 0.170. The van der Waals surface area contributed by atoms with Crippen LogP contribution in [0.5, 0.6) is 0 Å². The number of aromatic nitrogens is 2. The SMILES string of the molecule is Cc1cc(C(C)Nc2ccccc2C(=O)O)c2nc(-c3ccc(C#N)cc3)n(C)c(=O)c2c1. The molecule has 0 radical (unpaired) electrons. The Balaban J connectivity index is 1.88. The molecule has 4 aromatic rings. The fourth-order valence-electron chi connectivity index (χ4n) is 3.94.